The van der Waals surface area contributed by atoms with Gasteiger partial charge in [0.25, 0.3) is 0 Å². The first-order valence-corrected chi connectivity index (χ1v) is 10.3. The summed E-state index contributed by atoms with van der Waals surface area (Å²) in [4.78, 5) is 30.2. The second-order valence-corrected chi connectivity index (χ2v) is 7.86. The molecule has 8 nitrogen and oxygen atoms in total. The van der Waals surface area contributed by atoms with Crippen molar-refractivity contribution in [2.45, 2.75) is 19.0 Å². The zero-order chi connectivity index (χ0) is 23.5. The number of benzene rings is 1. The lowest BCUT2D eigenvalue weighted by Gasteiger charge is -2.25. The zero-order valence-electron chi connectivity index (χ0n) is 18.4. The molecule has 1 aromatic rings. The molecule has 32 heavy (non-hydrogen) atoms. The van der Waals surface area contributed by atoms with Crippen molar-refractivity contribution < 1.29 is 37.0 Å². The Morgan fingerprint density at radius 3 is 2.25 bits per heavy atom. The number of carbonyl (C=O) groups excluding carboxylic acids is 2. The fourth-order valence-electron chi connectivity index (χ4n) is 4.21. The number of carbonyl (C=O) groups is 2. The highest BCUT2D eigenvalue weighted by Gasteiger charge is 2.39. The average molecular weight is 459 g/mol. The number of rotatable bonds is 6. The Morgan fingerprint density at radius 2 is 1.69 bits per heavy atom. The van der Waals surface area contributed by atoms with Crippen LogP contribution in [-0.2, 0) is 9.59 Å². The largest absolute Gasteiger partial charge is 0.493 e. The van der Waals surface area contributed by atoms with Crippen molar-refractivity contribution in [3.63, 3.8) is 0 Å². The van der Waals surface area contributed by atoms with Crippen LogP contribution in [0.1, 0.15) is 12.8 Å². The van der Waals surface area contributed by atoms with Crippen LogP contribution in [0.15, 0.2) is 12.1 Å². The summed E-state index contributed by atoms with van der Waals surface area (Å²) in [7, 11) is 4.42. The molecule has 0 aliphatic carbocycles. The number of nitrogens with zero attached hydrogens (tertiary/aromatic N) is 3. The number of hydrogen-bond acceptors (Lipinski definition) is 6. The third kappa shape index (κ3) is 5.37. The van der Waals surface area contributed by atoms with Crippen molar-refractivity contribution in [1.82, 2.24) is 9.80 Å². The van der Waals surface area contributed by atoms with E-state index in [0.29, 0.717) is 35.9 Å². The van der Waals surface area contributed by atoms with Gasteiger partial charge in [-0.15, -0.1) is 0 Å². The van der Waals surface area contributed by atoms with E-state index >= 15 is 0 Å². The van der Waals surface area contributed by atoms with Crippen molar-refractivity contribution >= 4 is 17.5 Å². The van der Waals surface area contributed by atoms with Crippen LogP contribution in [0.5, 0.6) is 17.2 Å². The number of alkyl halides is 3. The van der Waals surface area contributed by atoms with Crippen molar-refractivity contribution in [1.29, 1.82) is 0 Å². The molecule has 0 bridgehead atoms. The number of halogens is 3. The van der Waals surface area contributed by atoms with Gasteiger partial charge in [0.15, 0.2) is 11.5 Å². The van der Waals surface area contributed by atoms with Gasteiger partial charge in [0.1, 0.15) is 0 Å². The number of anilines is 1. The van der Waals surface area contributed by atoms with Gasteiger partial charge >= 0.3 is 6.18 Å². The van der Waals surface area contributed by atoms with E-state index in [1.807, 2.05) is 0 Å². The van der Waals surface area contributed by atoms with E-state index in [4.69, 9.17) is 14.2 Å². The van der Waals surface area contributed by atoms with Gasteiger partial charge < -0.3 is 24.0 Å². The number of hydrogen-bond donors (Lipinski definition) is 0. The molecular weight excluding hydrogens is 431 g/mol. The van der Waals surface area contributed by atoms with Crippen LogP contribution in [0.2, 0.25) is 0 Å². The number of methoxy groups -OCH3 is 3. The summed E-state index contributed by atoms with van der Waals surface area (Å²) in [5.41, 5.74) is 0.520. The Morgan fingerprint density at radius 1 is 1.03 bits per heavy atom. The van der Waals surface area contributed by atoms with Crippen LogP contribution >= 0.6 is 0 Å². The molecule has 1 aromatic carbocycles. The Bertz CT molecular complexity index is 823. The van der Waals surface area contributed by atoms with E-state index in [1.54, 1.807) is 17.0 Å². The molecule has 0 radical (unpaired) electrons. The summed E-state index contributed by atoms with van der Waals surface area (Å²) in [6.07, 6.45) is -3.77. The summed E-state index contributed by atoms with van der Waals surface area (Å²) in [6.45, 7) is 0.226. The fraction of sp³-hybridized carbons (Fsp3) is 0.619. The SMILES string of the molecule is COc1cc(N2CC(C(=O)N3CCCN(CC(F)(F)F)CC3)CC2=O)cc(OC)c1OC. The highest BCUT2D eigenvalue weighted by atomic mass is 19.4. The van der Waals surface area contributed by atoms with Crippen molar-refractivity contribution in [3.05, 3.63) is 12.1 Å². The smallest absolute Gasteiger partial charge is 0.401 e. The van der Waals surface area contributed by atoms with Gasteiger partial charge in [0, 0.05) is 51.3 Å². The van der Waals surface area contributed by atoms with Gasteiger partial charge in [0.2, 0.25) is 17.6 Å². The van der Waals surface area contributed by atoms with E-state index < -0.39 is 18.6 Å². The third-order valence-electron chi connectivity index (χ3n) is 5.74. The first kappa shape index (κ1) is 24.0. The minimum Gasteiger partial charge on any atom is -0.493 e. The third-order valence-corrected chi connectivity index (χ3v) is 5.74. The molecule has 11 heteroatoms. The van der Waals surface area contributed by atoms with E-state index in [9.17, 15) is 22.8 Å². The van der Waals surface area contributed by atoms with Crippen LogP contribution in [0, 0.1) is 5.92 Å². The minimum atomic E-state index is -4.27. The monoisotopic (exact) mass is 459 g/mol. The lowest BCUT2D eigenvalue weighted by atomic mass is 10.1. The zero-order valence-corrected chi connectivity index (χ0v) is 18.4. The lowest BCUT2D eigenvalue weighted by molar-refractivity contribution is -0.145. The first-order chi connectivity index (χ1) is 15.2. The molecule has 2 aliphatic rings. The van der Waals surface area contributed by atoms with Crippen LogP contribution in [0.25, 0.3) is 0 Å². The van der Waals surface area contributed by atoms with Gasteiger partial charge in [-0.2, -0.15) is 13.2 Å². The molecule has 2 aliphatic heterocycles. The van der Waals surface area contributed by atoms with E-state index in [0.717, 1.165) is 0 Å². The van der Waals surface area contributed by atoms with Gasteiger partial charge in [-0.3, -0.25) is 14.5 Å². The quantitative estimate of drug-likeness (QED) is 0.650. The van der Waals surface area contributed by atoms with Crippen molar-refractivity contribution in [2.75, 3.05) is 65.5 Å². The van der Waals surface area contributed by atoms with Crippen LogP contribution < -0.4 is 19.1 Å². The summed E-state index contributed by atoms with van der Waals surface area (Å²) < 4.78 is 54.0. The molecule has 2 amide bonds. The Kier molecular flexibility index (Phi) is 7.37. The molecule has 1 atom stereocenters. The summed E-state index contributed by atoms with van der Waals surface area (Å²) >= 11 is 0. The molecule has 3 rings (SSSR count). The molecule has 2 heterocycles. The molecule has 2 fully saturated rings. The van der Waals surface area contributed by atoms with Gasteiger partial charge in [-0.25, -0.2) is 0 Å². The maximum absolute atomic E-state index is 13.1. The predicted molar refractivity (Wildman–Crippen MR) is 110 cm³/mol. The van der Waals surface area contributed by atoms with Crippen LogP contribution in [-0.4, -0.2) is 88.4 Å². The summed E-state index contributed by atoms with van der Waals surface area (Å²) in [6, 6.07) is 3.29. The fourth-order valence-corrected chi connectivity index (χ4v) is 4.21. The first-order valence-electron chi connectivity index (χ1n) is 10.3. The maximum Gasteiger partial charge on any atom is 0.401 e. The normalized spacial score (nSPS) is 20.3. The van der Waals surface area contributed by atoms with Crippen LogP contribution in [0.4, 0.5) is 18.9 Å². The minimum absolute atomic E-state index is 0.0399. The van der Waals surface area contributed by atoms with Gasteiger partial charge in [-0.05, 0) is 6.42 Å². The maximum atomic E-state index is 13.1. The van der Waals surface area contributed by atoms with Crippen molar-refractivity contribution in [2.24, 2.45) is 5.92 Å². The van der Waals surface area contributed by atoms with Crippen LogP contribution in [0.3, 0.4) is 0 Å². The Labute approximate surface area is 184 Å². The highest BCUT2D eigenvalue weighted by molar-refractivity contribution is 6.00. The standard InChI is InChI=1S/C21H28F3N3O5/c1-30-16-10-15(11-17(31-2)19(16)32-3)27-12-14(9-18(27)28)20(29)26-6-4-5-25(7-8-26)13-21(22,23)24/h10-11,14H,4-9,12-13H2,1-3H3. The molecule has 178 valence electrons. The van der Waals surface area contributed by atoms with E-state index in [1.165, 1.54) is 31.1 Å². The van der Waals surface area contributed by atoms with Crippen molar-refractivity contribution in [3.8, 4) is 17.2 Å². The van der Waals surface area contributed by atoms with Gasteiger partial charge in [0.05, 0.1) is 39.5 Å². The van der Waals surface area contributed by atoms with E-state index in [2.05, 4.69) is 0 Å². The molecular formula is C21H28F3N3O5. The number of ether oxygens (including phenoxy) is 3. The molecule has 0 spiro atoms. The topological polar surface area (TPSA) is 71.6 Å². The highest BCUT2D eigenvalue weighted by Crippen LogP contribution is 2.42. The lowest BCUT2D eigenvalue weighted by Crippen LogP contribution is -2.41. The second-order valence-electron chi connectivity index (χ2n) is 7.86. The average Bonchev–Trinajstić information content (AvgIpc) is 2.99. The Balaban J connectivity index is 1.70. The summed E-state index contributed by atoms with van der Waals surface area (Å²) in [5, 5.41) is 0. The Hall–Kier alpha value is -2.69. The van der Waals surface area contributed by atoms with Gasteiger partial charge in [-0.1, -0.05) is 0 Å². The molecule has 0 aromatic heterocycles. The van der Waals surface area contributed by atoms with E-state index in [-0.39, 0.29) is 44.4 Å². The predicted octanol–water partition coefficient (Wildman–Crippen LogP) is 2.16. The second kappa shape index (κ2) is 9.85. The molecule has 0 saturated carbocycles. The molecule has 1 unspecified atom stereocenters. The number of amides is 2. The molecule has 2 saturated heterocycles. The molecule has 0 N–H and O–H groups in total. The summed E-state index contributed by atoms with van der Waals surface area (Å²) in [5.74, 6) is 0.193.